The van der Waals surface area contributed by atoms with E-state index in [1.165, 1.54) is 0 Å². The zero-order chi connectivity index (χ0) is 9.56. The Balaban J connectivity index is 0.000000354. The van der Waals surface area contributed by atoms with Crippen LogP contribution in [0.2, 0.25) is 0 Å². The van der Waals surface area contributed by atoms with E-state index in [4.69, 9.17) is 21.4 Å². The van der Waals surface area contributed by atoms with Gasteiger partial charge in [0, 0.05) is 11.8 Å². The summed E-state index contributed by atoms with van der Waals surface area (Å²) in [5.74, 6) is 0.667. The Morgan fingerprint density at radius 2 is 2.08 bits per heavy atom. The van der Waals surface area contributed by atoms with Crippen molar-refractivity contribution in [2.24, 2.45) is 0 Å². The predicted octanol–water partition coefficient (Wildman–Crippen LogP) is -0.350. The van der Waals surface area contributed by atoms with Crippen molar-refractivity contribution in [2.75, 3.05) is 11.5 Å². The van der Waals surface area contributed by atoms with E-state index in [2.05, 4.69) is 9.97 Å². The highest BCUT2D eigenvalue weighted by Gasteiger charge is 1.93. The number of aryl methyl sites for hydroxylation is 1. The second-order valence-corrected chi connectivity index (χ2v) is 1.90. The minimum absolute atomic E-state index is 0.220. The second-order valence-electron chi connectivity index (χ2n) is 1.90. The van der Waals surface area contributed by atoms with Crippen molar-refractivity contribution in [2.45, 2.75) is 6.92 Å². The number of carboxylic acid groups (broad SMARTS) is 1. The highest BCUT2D eigenvalue weighted by Crippen LogP contribution is 2.04. The lowest BCUT2D eigenvalue weighted by atomic mass is 10.4. The van der Waals surface area contributed by atoms with Gasteiger partial charge in [-0.1, -0.05) is 0 Å². The molecule has 6 heteroatoms. The molecule has 1 heterocycles. The summed E-state index contributed by atoms with van der Waals surface area (Å²) in [6, 6.07) is 0. The van der Waals surface area contributed by atoms with Crippen molar-refractivity contribution in [3.8, 4) is 0 Å². The van der Waals surface area contributed by atoms with Gasteiger partial charge in [-0.3, -0.25) is 4.79 Å². The van der Waals surface area contributed by atoms with E-state index in [0.29, 0.717) is 5.82 Å². The summed E-state index contributed by atoms with van der Waals surface area (Å²) in [6.07, 6.45) is 1.59. The Morgan fingerprint density at radius 3 is 2.42 bits per heavy atom. The first-order chi connectivity index (χ1) is 5.61. The molecule has 0 spiro atoms. The number of nitrogens with two attached hydrogens (primary N) is 2. The third kappa shape index (κ3) is 3.35. The molecule has 1 rings (SSSR count). The fourth-order valence-electron chi connectivity index (χ4n) is 0.470. The molecule has 0 atom stereocenters. The van der Waals surface area contributed by atoms with Gasteiger partial charge in [0.25, 0.3) is 6.47 Å². The molecular weight excluding hydrogens is 160 g/mol. The molecule has 0 saturated heterocycles. The highest BCUT2D eigenvalue weighted by molar-refractivity contribution is 5.39. The standard InChI is InChI=1S/C5H8N4.CH2O2/c1-3-2-8-5(7)9-4(3)6;2-1-3/h2H,1H3,(H4,6,7,8,9);1H,(H,2,3). The topological polar surface area (TPSA) is 115 Å². The molecule has 0 saturated carbocycles. The molecule has 0 fully saturated rings. The first kappa shape index (κ1) is 10.2. The third-order valence-corrected chi connectivity index (χ3v) is 1.03. The Bertz CT molecular complexity index is 264. The number of hydrogen-bond acceptors (Lipinski definition) is 5. The molecule has 0 unspecified atom stereocenters. The summed E-state index contributed by atoms with van der Waals surface area (Å²) in [6.45, 7) is 1.58. The maximum absolute atomic E-state index is 8.36. The van der Waals surface area contributed by atoms with Crippen molar-refractivity contribution in [3.63, 3.8) is 0 Å². The largest absolute Gasteiger partial charge is 0.483 e. The average Bonchev–Trinajstić information content (AvgIpc) is 1.99. The number of rotatable bonds is 0. The van der Waals surface area contributed by atoms with E-state index in [-0.39, 0.29) is 12.4 Å². The molecule has 0 amide bonds. The average molecular weight is 170 g/mol. The normalized spacial score (nSPS) is 8.08. The van der Waals surface area contributed by atoms with Crippen LogP contribution in [-0.2, 0) is 4.79 Å². The minimum Gasteiger partial charge on any atom is -0.483 e. The van der Waals surface area contributed by atoms with Crippen LogP contribution in [0.25, 0.3) is 0 Å². The molecule has 0 radical (unpaired) electrons. The molecule has 0 aliphatic rings. The summed E-state index contributed by atoms with van der Waals surface area (Å²) in [4.78, 5) is 15.8. The summed E-state index contributed by atoms with van der Waals surface area (Å²) in [7, 11) is 0. The number of aromatic nitrogens is 2. The van der Waals surface area contributed by atoms with Gasteiger partial charge < -0.3 is 16.6 Å². The smallest absolute Gasteiger partial charge is 0.290 e. The van der Waals surface area contributed by atoms with Crippen molar-refractivity contribution in [1.82, 2.24) is 9.97 Å². The van der Waals surface area contributed by atoms with Crippen LogP contribution in [0.3, 0.4) is 0 Å². The van der Waals surface area contributed by atoms with Gasteiger partial charge in [-0.25, -0.2) is 4.98 Å². The maximum atomic E-state index is 8.36. The fourth-order valence-corrected chi connectivity index (χ4v) is 0.470. The zero-order valence-electron chi connectivity index (χ0n) is 6.56. The lowest BCUT2D eigenvalue weighted by molar-refractivity contribution is -0.122. The molecular formula is C6H10N4O2. The van der Waals surface area contributed by atoms with Gasteiger partial charge in [0.2, 0.25) is 5.95 Å². The van der Waals surface area contributed by atoms with Crippen LogP contribution >= 0.6 is 0 Å². The van der Waals surface area contributed by atoms with E-state index < -0.39 is 0 Å². The van der Waals surface area contributed by atoms with Gasteiger partial charge in [-0.05, 0) is 6.92 Å². The van der Waals surface area contributed by atoms with Crippen molar-refractivity contribution >= 4 is 18.2 Å². The number of nitrogens with zero attached hydrogens (tertiary/aromatic N) is 2. The summed E-state index contributed by atoms with van der Waals surface area (Å²) in [5.41, 5.74) is 11.5. The summed E-state index contributed by atoms with van der Waals surface area (Å²) < 4.78 is 0. The Labute approximate surface area is 69.2 Å². The maximum Gasteiger partial charge on any atom is 0.290 e. The molecule has 0 aliphatic heterocycles. The van der Waals surface area contributed by atoms with Crippen molar-refractivity contribution < 1.29 is 9.90 Å². The Morgan fingerprint density at radius 1 is 1.58 bits per heavy atom. The minimum atomic E-state index is -0.250. The van der Waals surface area contributed by atoms with E-state index in [1.54, 1.807) is 6.20 Å². The molecule has 0 aliphatic carbocycles. The molecule has 6 nitrogen and oxygen atoms in total. The Hall–Kier alpha value is -1.85. The molecule has 1 aromatic heterocycles. The monoisotopic (exact) mass is 170 g/mol. The highest BCUT2D eigenvalue weighted by atomic mass is 16.3. The lowest BCUT2D eigenvalue weighted by Gasteiger charge is -1.96. The van der Waals surface area contributed by atoms with Gasteiger partial charge in [0.15, 0.2) is 0 Å². The van der Waals surface area contributed by atoms with E-state index in [9.17, 15) is 0 Å². The first-order valence-electron chi connectivity index (χ1n) is 3.04. The molecule has 0 bridgehead atoms. The number of nitrogen functional groups attached to an aromatic ring is 2. The van der Waals surface area contributed by atoms with Gasteiger partial charge >= 0.3 is 0 Å². The van der Waals surface area contributed by atoms with E-state index in [1.807, 2.05) is 6.92 Å². The molecule has 1 aromatic rings. The number of anilines is 2. The molecule has 5 N–H and O–H groups in total. The number of hydrogen-bond donors (Lipinski definition) is 3. The zero-order valence-corrected chi connectivity index (χ0v) is 6.56. The molecule has 66 valence electrons. The Kier molecular flexibility index (Phi) is 4.13. The first-order valence-corrected chi connectivity index (χ1v) is 3.04. The second kappa shape index (κ2) is 4.89. The fraction of sp³-hybridized carbons (Fsp3) is 0.167. The summed E-state index contributed by atoms with van der Waals surface area (Å²) in [5, 5.41) is 6.89. The van der Waals surface area contributed by atoms with E-state index in [0.717, 1.165) is 5.56 Å². The SMILES string of the molecule is Cc1cnc(N)nc1N.O=CO. The molecule has 0 aromatic carbocycles. The molecule has 12 heavy (non-hydrogen) atoms. The quantitative estimate of drug-likeness (QED) is 0.458. The van der Waals surface area contributed by atoms with Crippen LogP contribution in [0.1, 0.15) is 5.56 Å². The van der Waals surface area contributed by atoms with Crippen molar-refractivity contribution in [1.29, 1.82) is 0 Å². The predicted molar refractivity (Wildman–Crippen MR) is 44.3 cm³/mol. The van der Waals surface area contributed by atoms with E-state index >= 15 is 0 Å². The van der Waals surface area contributed by atoms with Crippen LogP contribution in [0, 0.1) is 6.92 Å². The van der Waals surface area contributed by atoms with Crippen LogP contribution in [0.4, 0.5) is 11.8 Å². The number of carbonyl (C=O) groups is 1. The van der Waals surface area contributed by atoms with Crippen LogP contribution in [-0.4, -0.2) is 21.5 Å². The van der Waals surface area contributed by atoms with Crippen molar-refractivity contribution in [3.05, 3.63) is 11.8 Å². The van der Waals surface area contributed by atoms with Crippen LogP contribution in [0.15, 0.2) is 6.20 Å². The third-order valence-electron chi connectivity index (χ3n) is 1.03. The van der Waals surface area contributed by atoms with Gasteiger partial charge in [-0.2, -0.15) is 4.98 Å². The van der Waals surface area contributed by atoms with Crippen LogP contribution < -0.4 is 11.5 Å². The van der Waals surface area contributed by atoms with Gasteiger partial charge in [0.1, 0.15) is 5.82 Å². The lowest BCUT2D eigenvalue weighted by Crippen LogP contribution is -2.00. The van der Waals surface area contributed by atoms with Crippen LogP contribution in [0.5, 0.6) is 0 Å². The van der Waals surface area contributed by atoms with Gasteiger partial charge in [0.05, 0.1) is 0 Å². The van der Waals surface area contributed by atoms with Gasteiger partial charge in [-0.15, -0.1) is 0 Å². The summed E-state index contributed by atoms with van der Waals surface area (Å²) >= 11 is 0.